The first kappa shape index (κ1) is 24.9. The van der Waals surface area contributed by atoms with Gasteiger partial charge in [0.15, 0.2) is 13.0 Å². The van der Waals surface area contributed by atoms with E-state index in [1.165, 1.54) is 0 Å². The lowest BCUT2D eigenvalue weighted by Gasteiger charge is -2.27. The van der Waals surface area contributed by atoms with Crippen LogP contribution in [0.1, 0.15) is 26.7 Å². The van der Waals surface area contributed by atoms with Crippen LogP contribution in [0.25, 0.3) is 0 Å². The first-order valence-electron chi connectivity index (χ1n) is 9.67. The molecule has 2 rings (SSSR count). The summed E-state index contributed by atoms with van der Waals surface area (Å²) in [4.78, 5) is 26.8. The summed E-state index contributed by atoms with van der Waals surface area (Å²) in [5.41, 5.74) is 1.54. The molecule has 0 unspecified atom stereocenters. The lowest BCUT2D eigenvalue weighted by molar-refractivity contribution is -0.392. The molecule has 166 valence electrons. The summed E-state index contributed by atoms with van der Waals surface area (Å²) in [7, 11) is -2.41. The van der Waals surface area contributed by atoms with Crippen LogP contribution in [0.2, 0.25) is 0 Å². The zero-order valence-electron chi connectivity index (χ0n) is 17.2. The minimum atomic E-state index is -2.41. The maximum Gasteiger partial charge on any atom is 0.482 e. The maximum absolute atomic E-state index is 11.6. The first-order valence-corrected chi connectivity index (χ1v) is 12.0. The van der Waals surface area contributed by atoms with E-state index in [0.29, 0.717) is 25.9 Å². The lowest BCUT2D eigenvalue weighted by Crippen LogP contribution is -2.35. The van der Waals surface area contributed by atoms with Gasteiger partial charge in [-0.3, -0.25) is 9.80 Å². The minimum Gasteiger partial charge on any atom is -0.296 e. The lowest BCUT2D eigenvalue weighted by atomic mass is 10.2. The summed E-state index contributed by atoms with van der Waals surface area (Å²) in [5, 5.41) is 23.3. The molecule has 0 fully saturated rings. The average molecular weight is 481 g/mol. The third-order valence-corrected chi connectivity index (χ3v) is 7.12. The Kier molecular flexibility index (Phi) is 10.0. The molecule has 0 atom stereocenters. The van der Waals surface area contributed by atoms with Crippen molar-refractivity contribution in [1.29, 1.82) is 0 Å². The molecule has 0 saturated carbocycles. The van der Waals surface area contributed by atoms with Crippen molar-refractivity contribution >= 4 is 54.9 Å². The van der Waals surface area contributed by atoms with Gasteiger partial charge in [0, 0.05) is 24.5 Å². The Labute approximate surface area is 193 Å². The molecule has 11 heteroatoms. The highest BCUT2D eigenvalue weighted by Gasteiger charge is 2.35. The first-order chi connectivity index (χ1) is 14.9. The number of anilines is 2. The summed E-state index contributed by atoms with van der Waals surface area (Å²) in [6.07, 6.45) is 1.40. The Morgan fingerprint density at radius 2 is 1.32 bits per heavy atom. The van der Waals surface area contributed by atoms with E-state index in [1.54, 1.807) is 9.80 Å². The van der Waals surface area contributed by atoms with E-state index in [-0.39, 0.29) is 8.64 Å². The number of hydrogen-bond acceptors (Lipinski definition) is 6. The molecule has 0 N–H and O–H groups in total. The number of thioether (sulfide) groups is 1. The second-order valence-corrected chi connectivity index (χ2v) is 9.73. The van der Waals surface area contributed by atoms with E-state index in [1.807, 2.05) is 74.5 Å². The van der Waals surface area contributed by atoms with Crippen molar-refractivity contribution in [3.63, 3.8) is 0 Å². The molecule has 0 aliphatic rings. The van der Waals surface area contributed by atoms with Gasteiger partial charge in [-0.2, -0.15) is 0 Å². The molecule has 0 heterocycles. The molecule has 0 aromatic heterocycles. The van der Waals surface area contributed by atoms with E-state index in [9.17, 15) is 20.2 Å². The van der Waals surface area contributed by atoms with E-state index in [4.69, 9.17) is 12.2 Å². The Balaban J connectivity index is 2.57. The van der Waals surface area contributed by atoms with Gasteiger partial charge in [-0.25, -0.2) is 20.2 Å². The van der Waals surface area contributed by atoms with Crippen molar-refractivity contribution in [3.8, 4) is 0 Å². The van der Waals surface area contributed by atoms with Gasteiger partial charge >= 0.3 is 10.9 Å². The zero-order valence-corrected chi connectivity index (χ0v) is 19.7. The number of rotatable bonds is 8. The SMILES string of the molecule is CCCN(CCC)C(SC(=S)N(c1ccccc1)c1ccccc1)=S([N+](=O)[O-])[N+](=O)[O-]. The van der Waals surface area contributed by atoms with Gasteiger partial charge in [-0.1, -0.05) is 62.5 Å². The summed E-state index contributed by atoms with van der Waals surface area (Å²) in [6.45, 7) is 4.81. The van der Waals surface area contributed by atoms with Crippen LogP contribution in [-0.2, 0) is 0 Å². The molecule has 0 spiro atoms. The maximum atomic E-state index is 11.6. The second-order valence-electron chi connectivity index (χ2n) is 6.34. The molecular weight excluding hydrogens is 456 g/mol. The van der Waals surface area contributed by atoms with Crippen molar-refractivity contribution in [2.24, 2.45) is 0 Å². The van der Waals surface area contributed by atoms with E-state index in [0.717, 1.165) is 23.1 Å². The normalized spacial score (nSPS) is 10.8. The molecule has 0 radical (unpaired) electrons. The van der Waals surface area contributed by atoms with Crippen LogP contribution in [0.15, 0.2) is 60.7 Å². The molecule has 31 heavy (non-hydrogen) atoms. The molecule has 0 saturated heterocycles. The number of nitrogens with zero attached hydrogens (tertiary/aromatic N) is 4. The fraction of sp³-hybridized carbons (Fsp3) is 0.300. The van der Waals surface area contributed by atoms with Gasteiger partial charge in [-0.15, -0.1) is 0 Å². The van der Waals surface area contributed by atoms with Gasteiger partial charge in [-0.05, 0) is 48.9 Å². The minimum absolute atomic E-state index is 0.0561. The van der Waals surface area contributed by atoms with Crippen molar-refractivity contribution in [1.82, 2.24) is 4.90 Å². The molecule has 2 aromatic carbocycles. The Bertz CT molecular complexity index is 880. The molecule has 0 bridgehead atoms. The summed E-state index contributed by atoms with van der Waals surface area (Å²) >= 11 is 6.62. The van der Waals surface area contributed by atoms with Crippen LogP contribution in [0.3, 0.4) is 0 Å². The highest BCUT2D eigenvalue weighted by atomic mass is 32.2. The standard InChI is InChI=1S/C20H24N4O4S3/c1-3-15-21(16-4-2)20(31(23(25)26)24(27)28)30-19(29)22(17-11-7-5-8-12-17)18-13-9-6-10-14-18/h5-14H,3-4,15-16H2,1-2H3. The molecule has 8 nitrogen and oxygen atoms in total. The third-order valence-electron chi connectivity index (χ3n) is 4.07. The number of para-hydroxylation sites is 2. The van der Waals surface area contributed by atoms with Crippen molar-refractivity contribution in [3.05, 3.63) is 80.9 Å². The van der Waals surface area contributed by atoms with Gasteiger partial charge in [0.25, 0.3) is 0 Å². The Hall–Kier alpha value is -2.34. The predicted octanol–water partition coefficient (Wildman–Crippen LogP) is 5.70. The fourth-order valence-corrected chi connectivity index (χ4v) is 5.91. The third kappa shape index (κ3) is 6.82. The Morgan fingerprint density at radius 3 is 1.68 bits per heavy atom. The summed E-state index contributed by atoms with van der Waals surface area (Å²) in [5.74, 6) is 0. The summed E-state index contributed by atoms with van der Waals surface area (Å²) in [6, 6.07) is 18.7. The molecule has 2 aromatic rings. The zero-order chi connectivity index (χ0) is 22.8. The van der Waals surface area contributed by atoms with Crippen LogP contribution in [0.4, 0.5) is 11.4 Å². The van der Waals surface area contributed by atoms with Gasteiger partial charge in [0.2, 0.25) is 4.32 Å². The summed E-state index contributed by atoms with van der Waals surface area (Å²) < 4.78 is -1.33. The highest BCUT2D eigenvalue weighted by molar-refractivity contribution is 8.41. The van der Waals surface area contributed by atoms with Crippen LogP contribution in [-0.4, -0.2) is 35.3 Å². The van der Waals surface area contributed by atoms with Gasteiger partial charge in [0.05, 0.1) is 0 Å². The number of benzene rings is 2. The second kappa shape index (κ2) is 12.5. The smallest absolute Gasteiger partial charge is 0.296 e. The molecule has 0 aliphatic heterocycles. The van der Waals surface area contributed by atoms with Crippen molar-refractivity contribution in [2.75, 3.05) is 18.0 Å². The fourth-order valence-electron chi connectivity index (χ4n) is 2.87. The van der Waals surface area contributed by atoms with Crippen LogP contribution < -0.4 is 4.90 Å². The van der Waals surface area contributed by atoms with Crippen molar-refractivity contribution in [2.45, 2.75) is 26.7 Å². The molecule has 0 aliphatic carbocycles. The van der Waals surface area contributed by atoms with Crippen molar-refractivity contribution < 1.29 is 8.66 Å². The largest absolute Gasteiger partial charge is 0.482 e. The van der Waals surface area contributed by atoms with Crippen LogP contribution >= 0.6 is 34.8 Å². The van der Waals surface area contributed by atoms with E-state index in [2.05, 4.69) is 0 Å². The number of hydrogen-bond donors (Lipinski definition) is 0. The topological polar surface area (TPSA) is 92.8 Å². The average Bonchev–Trinajstić information content (AvgIpc) is 2.74. The highest BCUT2D eigenvalue weighted by Crippen LogP contribution is 2.33. The number of nitro groups is 2. The van der Waals surface area contributed by atoms with Gasteiger partial charge in [0.1, 0.15) is 0 Å². The van der Waals surface area contributed by atoms with Gasteiger partial charge < -0.3 is 0 Å². The number of thiocarbonyl (C=S) groups is 1. The quantitative estimate of drug-likeness (QED) is 0.270. The van der Waals surface area contributed by atoms with Crippen LogP contribution in [0.5, 0.6) is 0 Å². The van der Waals surface area contributed by atoms with Crippen LogP contribution in [0, 0.1) is 20.2 Å². The Morgan fingerprint density at radius 1 is 0.903 bits per heavy atom. The van der Waals surface area contributed by atoms with E-state index >= 15 is 0 Å². The molecule has 0 amide bonds. The molecular formula is C20H24N4O4S3. The monoisotopic (exact) mass is 480 g/mol. The van der Waals surface area contributed by atoms with E-state index < -0.39 is 19.5 Å². The predicted molar refractivity (Wildman–Crippen MR) is 134 cm³/mol.